The van der Waals surface area contributed by atoms with Crippen LogP contribution in [0, 0.1) is 5.92 Å². The number of anilines is 1. The van der Waals surface area contributed by atoms with Crippen molar-refractivity contribution in [3.05, 3.63) is 46.9 Å². The van der Waals surface area contributed by atoms with Crippen LogP contribution in [-0.4, -0.2) is 34.8 Å². The first-order valence-corrected chi connectivity index (χ1v) is 8.63. The molecule has 1 saturated heterocycles. The van der Waals surface area contributed by atoms with Crippen molar-refractivity contribution in [2.75, 3.05) is 18.0 Å². The second kappa shape index (κ2) is 6.91. The van der Waals surface area contributed by atoms with Gasteiger partial charge in [0.25, 0.3) is 0 Å². The fraction of sp³-hybridized carbons (Fsp3) is 0.353. The molecule has 3 heterocycles. The molecule has 23 heavy (non-hydrogen) atoms. The van der Waals surface area contributed by atoms with Gasteiger partial charge in [0.1, 0.15) is 0 Å². The van der Waals surface area contributed by atoms with Crippen molar-refractivity contribution in [3.8, 4) is 0 Å². The predicted molar refractivity (Wildman–Crippen MR) is 90.1 cm³/mol. The van der Waals surface area contributed by atoms with E-state index in [4.69, 9.17) is 0 Å². The number of likely N-dealkylation sites (tertiary alicyclic amines) is 1. The second-order valence-electron chi connectivity index (χ2n) is 5.60. The summed E-state index contributed by atoms with van der Waals surface area (Å²) in [5.74, 6) is -0.220. The van der Waals surface area contributed by atoms with Crippen LogP contribution >= 0.6 is 11.3 Å². The van der Waals surface area contributed by atoms with Gasteiger partial charge in [-0.3, -0.25) is 14.6 Å². The molecule has 2 aromatic rings. The van der Waals surface area contributed by atoms with Crippen LogP contribution < -0.4 is 4.90 Å². The number of hydrogen-bond acceptors (Lipinski definition) is 4. The fourth-order valence-electron chi connectivity index (χ4n) is 2.84. The van der Waals surface area contributed by atoms with Gasteiger partial charge in [-0.2, -0.15) is 11.3 Å². The van der Waals surface area contributed by atoms with E-state index >= 15 is 0 Å². The summed E-state index contributed by atoms with van der Waals surface area (Å²) >= 11 is 1.61. The van der Waals surface area contributed by atoms with Crippen LogP contribution in [-0.2, 0) is 16.1 Å². The van der Waals surface area contributed by atoms with Crippen LogP contribution in [0.25, 0.3) is 0 Å². The summed E-state index contributed by atoms with van der Waals surface area (Å²) in [6.45, 7) is 3.61. The van der Waals surface area contributed by atoms with E-state index in [0.717, 1.165) is 11.3 Å². The average molecular weight is 329 g/mol. The van der Waals surface area contributed by atoms with E-state index in [2.05, 4.69) is 4.98 Å². The first kappa shape index (κ1) is 15.7. The summed E-state index contributed by atoms with van der Waals surface area (Å²) in [6.07, 6.45) is 3.68. The molecule has 1 atom stereocenters. The minimum absolute atomic E-state index is 0.00602. The SMILES string of the molecule is CCN1C[C@H](C(=O)N(Cc2ccsc2)c2cccnc2)CC1=O. The van der Waals surface area contributed by atoms with Gasteiger partial charge < -0.3 is 9.80 Å². The number of nitrogens with zero attached hydrogens (tertiary/aromatic N) is 3. The molecule has 1 aliphatic rings. The van der Waals surface area contributed by atoms with Crippen LogP contribution in [0.5, 0.6) is 0 Å². The minimum atomic E-state index is -0.277. The quantitative estimate of drug-likeness (QED) is 0.847. The number of hydrogen-bond donors (Lipinski definition) is 0. The summed E-state index contributed by atoms with van der Waals surface area (Å²) in [7, 11) is 0. The van der Waals surface area contributed by atoms with E-state index in [1.165, 1.54) is 0 Å². The molecular formula is C17H19N3O2S. The molecule has 0 bridgehead atoms. The molecule has 5 nitrogen and oxygen atoms in total. The normalized spacial score (nSPS) is 17.5. The zero-order valence-corrected chi connectivity index (χ0v) is 13.8. The number of rotatable bonds is 5. The molecule has 0 N–H and O–H groups in total. The number of carbonyl (C=O) groups excluding carboxylic acids is 2. The highest BCUT2D eigenvalue weighted by Gasteiger charge is 2.36. The highest BCUT2D eigenvalue weighted by Crippen LogP contribution is 2.25. The van der Waals surface area contributed by atoms with Gasteiger partial charge in [-0.05, 0) is 41.4 Å². The first-order chi connectivity index (χ1) is 11.2. The van der Waals surface area contributed by atoms with Gasteiger partial charge in [0.15, 0.2) is 0 Å². The summed E-state index contributed by atoms with van der Waals surface area (Å²) in [5, 5.41) is 4.04. The lowest BCUT2D eigenvalue weighted by Crippen LogP contribution is -2.37. The fourth-order valence-corrected chi connectivity index (χ4v) is 3.50. The molecule has 0 radical (unpaired) electrons. The van der Waals surface area contributed by atoms with Crippen molar-refractivity contribution >= 4 is 28.8 Å². The van der Waals surface area contributed by atoms with Crippen LogP contribution in [0.2, 0.25) is 0 Å². The standard InChI is InChI=1S/C17H19N3O2S/c1-2-19-11-14(8-16(19)21)17(22)20(10-13-5-7-23-12-13)15-4-3-6-18-9-15/h3-7,9,12,14H,2,8,10-11H2,1H3/t14-/m1/s1. The van der Waals surface area contributed by atoms with Crippen molar-refractivity contribution in [3.63, 3.8) is 0 Å². The Kier molecular flexibility index (Phi) is 4.71. The first-order valence-electron chi connectivity index (χ1n) is 7.69. The molecule has 0 spiro atoms. The molecule has 6 heteroatoms. The largest absolute Gasteiger partial charge is 0.342 e. The lowest BCUT2D eigenvalue weighted by molar-refractivity contribution is -0.128. The molecule has 2 amide bonds. The number of pyridine rings is 1. The van der Waals surface area contributed by atoms with Crippen molar-refractivity contribution in [1.82, 2.24) is 9.88 Å². The number of amides is 2. The molecule has 2 aromatic heterocycles. The van der Waals surface area contributed by atoms with Crippen molar-refractivity contribution in [1.29, 1.82) is 0 Å². The number of carbonyl (C=O) groups is 2. The Morgan fingerprint density at radius 2 is 2.35 bits per heavy atom. The smallest absolute Gasteiger partial charge is 0.232 e. The van der Waals surface area contributed by atoms with Gasteiger partial charge in [-0.25, -0.2) is 0 Å². The highest BCUT2D eigenvalue weighted by atomic mass is 32.1. The molecule has 0 unspecified atom stereocenters. The van der Waals surface area contributed by atoms with Crippen molar-refractivity contribution in [2.24, 2.45) is 5.92 Å². The Labute approximate surface area is 139 Å². The lowest BCUT2D eigenvalue weighted by atomic mass is 10.1. The molecule has 0 aliphatic carbocycles. The summed E-state index contributed by atoms with van der Waals surface area (Å²) in [6, 6.07) is 5.71. The third kappa shape index (κ3) is 3.42. The predicted octanol–water partition coefficient (Wildman–Crippen LogP) is 2.54. The topological polar surface area (TPSA) is 53.5 Å². The zero-order valence-electron chi connectivity index (χ0n) is 13.0. The molecule has 3 rings (SSSR count). The molecule has 1 fully saturated rings. The van der Waals surface area contributed by atoms with E-state index in [1.807, 2.05) is 35.9 Å². The van der Waals surface area contributed by atoms with Gasteiger partial charge in [-0.1, -0.05) is 0 Å². The van der Waals surface area contributed by atoms with E-state index in [9.17, 15) is 9.59 Å². The minimum Gasteiger partial charge on any atom is -0.342 e. The summed E-state index contributed by atoms with van der Waals surface area (Å²) in [4.78, 5) is 32.6. The Bertz CT molecular complexity index is 672. The molecule has 0 aromatic carbocycles. The van der Waals surface area contributed by atoms with Crippen LogP contribution in [0.3, 0.4) is 0 Å². The zero-order chi connectivity index (χ0) is 16.2. The van der Waals surface area contributed by atoms with Crippen molar-refractivity contribution < 1.29 is 9.59 Å². The maximum Gasteiger partial charge on any atom is 0.232 e. The molecule has 1 aliphatic heterocycles. The van der Waals surface area contributed by atoms with Gasteiger partial charge >= 0.3 is 0 Å². The third-order valence-corrected chi connectivity index (χ3v) is 4.82. The summed E-state index contributed by atoms with van der Waals surface area (Å²) in [5.41, 5.74) is 1.86. The van der Waals surface area contributed by atoms with Crippen LogP contribution in [0.15, 0.2) is 41.4 Å². The Morgan fingerprint density at radius 1 is 1.48 bits per heavy atom. The average Bonchev–Trinajstić information content (AvgIpc) is 3.22. The van der Waals surface area contributed by atoms with Gasteiger partial charge in [0.05, 0.1) is 24.3 Å². The van der Waals surface area contributed by atoms with E-state index < -0.39 is 0 Å². The molecular weight excluding hydrogens is 310 g/mol. The van der Waals surface area contributed by atoms with E-state index in [-0.39, 0.29) is 17.7 Å². The maximum atomic E-state index is 13.0. The summed E-state index contributed by atoms with van der Waals surface area (Å²) < 4.78 is 0. The van der Waals surface area contributed by atoms with E-state index in [0.29, 0.717) is 26.1 Å². The molecule has 0 saturated carbocycles. The molecule has 120 valence electrons. The lowest BCUT2D eigenvalue weighted by Gasteiger charge is -2.25. The highest BCUT2D eigenvalue weighted by molar-refractivity contribution is 7.07. The number of aromatic nitrogens is 1. The third-order valence-electron chi connectivity index (χ3n) is 4.09. The second-order valence-corrected chi connectivity index (χ2v) is 6.38. The number of thiophene rings is 1. The maximum absolute atomic E-state index is 13.0. The van der Waals surface area contributed by atoms with Gasteiger partial charge in [-0.15, -0.1) is 0 Å². The Morgan fingerprint density at radius 3 is 2.96 bits per heavy atom. The van der Waals surface area contributed by atoms with Gasteiger partial charge in [0.2, 0.25) is 11.8 Å². The van der Waals surface area contributed by atoms with Crippen LogP contribution in [0.1, 0.15) is 18.9 Å². The Hall–Kier alpha value is -2.21. The van der Waals surface area contributed by atoms with Gasteiger partial charge in [0, 0.05) is 25.7 Å². The van der Waals surface area contributed by atoms with Crippen LogP contribution in [0.4, 0.5) is 5.69 Å². The van der Waals surface area contributed by atoms with Crippen molar-refractivity contribution in [2.45, 2.75) is 19.9 Å². The Balaban J connectivity index is 1.83. The monoisotopic (exact) mass is 329 g/mol. The van der Waals surface area contributed by atoms with E-state index in [1.54, 1.807) is 33.5 Å².